The number of hydrogen-bond donors (Lipinski definition) is 1. The molecule has 34 heavy (non-hydrogen) atoms. The van der Waals surface area contributed by atoms with E-state index in [1.165, 1.54) is 0 Å². The zero-order chi connectivity index (χ0) is 26.3. The van der Waals surface area contributed by atoms with E-state index in [2.05, 4.69) is 5.32 Å². The minimum absolute atomic E-state index is 0.147. The Kier molecular flexibility index (Phi) is 7.51. The van der Waals surface area contributed by atoms with Gasteiger partial charge in [0.05, 0.1) is 22.3 Å². The maximum Gasteiger partial charge on any atom is 0.492 e. The van der Waals surface area contributed by atoms with Gasteiger partial charge in [-0.25, -0.2) is 4.79 Å². The van der Waals surface area contributed by atoms with Gasteiger partial charge in [0.15, 0.2) is 0 Å². The molecule has 0 radical (unpaired) electrons. The van der Waals surface area contributed by atoms with Gasteiger partial charge in [0.1, 0.15) is 5.60 Å². The zero-order valence-corrected chi connectivity index (χ0v) is 20.0. The second-order valence-corrected chi connectivity index (χ2v) is 9.93. The summed E-state index contributed by atoms with van der Waals surface area (Å²) >= 11 is 0. The molecule has 1 saturated heterocycles. The van der Waals surface area contributed by atoms with Crippen molar-refractivity contribution in [3.63, 3.8) is 0 Å². The van der Waals surface area contributed by atoms with Crippen LogP contribution in [-0.4, -0.2) is 36.6 Å². The summed E-state index contributed by atoms with van der Waals surface area (Å²) in [5, 5.41) is 2.36. The number of alkyl halides is 6. The van der Waals surface area contributed by atoms with Crippen LogP contribution in [0.15, 0.2) is 23.7 Å². The van der Waals surface area contributed by atoms with Crippen molar-refractivity contribution < 1.29 is 45.2 Å². The SMILES string of the molecule is CC(C)(C)OC(=O)NCC(=Cc1c(C(F)(F)F)cccc1C(F)(F)F)B1OC(C)(C)C(C)(C)O1. The molecule has 12 heteroatoms. The van der Waals surface area contributed by atoms with Crippen molar-refractivity contribution in [3.8, 4) is 0 Å². The van der Waals surface area contributed by atoms with Crippen LogP contribution in [0.1, 0.15) is 65.2 Å². The molecule has 1 aliphatic heterocycles. The normalized spacial score (nSPS) is 18.7. The van der Waals surface area contributed by atoms with Crippen molar-refractivity contribution >= 4 is 19.3 Å². The maximum atomic E-state index is 13.6. The Bertz CT molecular complexity index is 900. The van der Waals surface area contributed by atoms with Crippen LogP contribution in [-0.2, 0) is 26.4 Å². The number of carbonyl (C=O) groups excluding carboxylic acids is 1. The third-order valence-corrected chi connectivity index (χ3v) is 5.44. The molecule has 5 nitrogen and oxygen atoms in total. The summed E-state index contributed by atoms with van der Waals surface area (Å²) in [5.41, 5.74) is -6.94. The predicted octanol–water partition coefficient (Wildman–Crippen LogP) is 6.26. The van der Waals surface area contributed by atoms with Gasteiger partial charge in [-0.1, -0.05) is 12.1 Å². The highest BCUT2D eigenvalue weighted by atomic mass is 19.4. The second-order valence-electron chi connectivity index (χ2n) is 9.93. The fraction of sp³-hybridized carbons (Fsp3) is 0.591. The Morgan fingerprint density at radius 1 is 0.971 bits per heavy atom. The average molecular weight is 495 g/mol. The largest absolute Gasteiger partial charge is 0.492 e. The van der Waals surface area contributed by atoms with Crippen LogP contribution < -0.4 is 5.32 Å². The van der Waals surface area contributed by atoms with Crippen LogP contribution in [0.4, 0.5) is 31.1 Å². The molecule has 1 aliphatic rings. The van der Waals surface area contributed by atoms with Crippen LogP contribution in [0.3, 0.4) is 0 Å². The monoisotopic (exact) mass is 495 g/mol. The van der Waals surface area contributed by atoms with Crippen LogP contribution in [0, 0.1) is 0 Å². The first-order chi connectivity index (χ1) is 15.1. The lowest BCUT2D eigenvalue weighted by Gasteiger charge is -2.32. The average Bonchev–Trinajstić information content (AvgIpc) is 2.82. The van der Waals surface area contributed by atoms with E-state index < -0.39 is 65.6 Å². The van der Waals surface area contributed by atoms with Gasteiger partial charge in [-0.2, -0.15) is 26.3 Å². The van der Waals surface area contributed by atoms with E-state index in [0.717, 1.165) is 0 Å². The van der Waals surface area contributed by atoms with Gasteiger partial charge in [-0.15, -0.1) is 0 Å². The lowest BCUT2D eigenvalue weighted by atomic mass is 9.76. The highest BCUT2D eigenvalue weighted by Gasteiger charge is 2.52. The molecule has 1 aromatic rings. The number of nitrogens with one attached hydrogen (secondary N) is 1. The molecule has 0 aliphatic carbocycles. The van der Waals surface area contributed by atoms with Crippen LogP contribution in [0.2, 0.25) is 0 Å². The topological polar surface area (TPSA) is 56.8 Å². The standard InChI is InChI=1S/C22H28BF6NO4/c1-18(2,3)32-17(31)30-12-13(23-33-19(4,5)20(6,7)34-23)11-14-15(21(24,25)26)9-8-10-16(14)22(27,28)29/h8-11H,12H2,1-7H3,(H,30,31). The third-order valence-electron chi connectivity index (χ3n) is 5.44. The third kappa shape index (κ3) is 6.68. The summed E-state index contributed by atoms with van der Waals surface area (Å²) in [4.78, 5) is 12.1. The Labute approximate surface area is 195 Å². The molecule has 1 fully saturated rings. The number of amides is 1. The van der Waals surface area contributed by atoms with Gasteiger partial charge in [0.25, 0.3) is 0 Å². The molecule has 1 amide bonds. The van der Waals surface area contributed by atoms with Gasteiger partial charge in [-0.3, -0.25) is 0 Å². The van der Waals surface area contributed by atoms with E-state index in [0.29, 0.717) is 24.3 Å². The number of halogens is 6. The molecule has 1 aromatic carbocycles. The summed E-state index contributed by atoms with van der Waals surface area (Å²) in [6, 6.07) is 1.81. The van der Waals surface area contributed by atoms with Gasteiger partial charge in [0.2, 0.25) is 0 Å². The summed E-state index contributed by atoms with van der Waals surface area (Å²) in [6.45, 7) is 11.0. The van der Waals surface area contributed by atoms with E-state index in [-0.39, 0.29) is 5.47 Å². The molecule has 0 aromatic heterocycles. The fourth-order valence-corrected chi connectivity index (χ4v) is 3.09. The number of benzene rings is 1. The molecule has 0 atom stereocenters. The highest BCUT2D eigenvalue weighted by Crippen LogP contribution is 2.42. The van der Waals surface area contributed by atoms with Crippen molar-refractivity contribution in [2.75, 3.05) is 6.54 Å². The maximum absolute atomic E-state index is 13.6. The Hall–Kier alpha value is -2.21. The number of hydrogen-bond acceptors (Lipinski definition) is 4. The second kappa shape index (κ2) is 9.11. The van der Waals surface area contributed by atoms with Crippen LogP contribution in [0.25, 0.3) is 6.08 Å². The fourth-order valence-electron chi connectivity index (χ4n) is 3.09. The molecular formula is C22H28BF6NO4. The lowest BCUT2D eigenvalue weighted by Crippen LogP contribution is -2.41. The minimum Gasteiger partial charge on any atom is -0.444 e. The number of ether oxygens (including phenoxy) is 1. The smallest absolute Gasteiger partial charge is 0.444 e. The quantitative estimate of drug-likeness (QED) is 0.396. The zero-order valence-electron chi connectivity index (χ0n) is 20.0. The van der Waals surface area contributed by atoms with Crippen molar-refractivity contribution in [2.45, 2.75) is 77.6 Å². The van der Waals surface area contributed by atoms with E-state index in [9.17, 15) is 31.1 Å². The molecule has 0 saturated carbocycles. The van der Waals surface area contributed by atoms with Crippen LogP contribution in [0.5, 0.6) is 0 Å². The van der Waals surface area contributed by atoms with Gasteiger partial charge >= 0.3 is 25.6 Å². The summed E-state index contributed by atoms with van der Waals surface area (Å²) in [7, 11) is -1.32. The van der Waals surface area contributed by atoms with E-state index >= 15 is 0 Å². The minimum atomic E-state index is -5.06. The number of rotatable bonds is 4. The van der Waals surface area contributed by atoms with E-state index in [1.54, 1.807) is 48.5 Å². The first-order valence-electron chi connectivity index (χ1n) is 10.4. The summed E-state index contributed by atoms with van der Waals surface area (Å²) in [5.74, 6) is 0. The summed E-state index contributed by atoms with van der Waals surface area (Å²) < 4.78 is 98.6. The first-order valence-corrected chi connectivity index (χ1v) is 10.4. The Balaban J connectivity index is 2.61. The Morgan fingerprint density at radius 3 is 1.79 bits per heavy atom. The Morgan fingerprint density at radius 2 is 1.41 bits per heavy atom. The number of alkyl carbamates (subject to hydrolysis) is 1. The molecule has 1 heterocycles. The van der Waals surface area contributed by atoms with Gasteiger partial charge in [-0.05, 0) is 71.6 Å². The highest BCUT2D eigenvalue weighted by molar-refractivity contribution is 6.56. The molecule has 190 valence electrons. The van der Waals surface area contributed by atoms with Crippen LogP contribution >= 0.6 is 0 Å². The van der Waals surface area contributed by atoms with Crippen molar-refractivity contribution in [3.05, 3.63) is 40.4 Å². The van der Waals surface area contributed by atoms with Crippen molar-refractivity contribution in [2.24, 2.45) is 0 Å². The first kappa shape index (κ1) is 28.0. The van der Waals surface area contributed by atoms with E-state index in [1.807, 2.05) is 0 Å². The molecule has 0 bridgehead atoms. The molecular weight excluding hydrogens is 467 g/mol. The van der Waals surface area contributed by atoms with Gasteiger partial charge in [0, 0.05) is 6.54 Å². The molecule has 0 spiro atoms. The molecule has 0 unspecified atom stereocenters. The van der Waals surface area contributed by atoms with Gasteiger partial charge < -0.3 is 19.4 Å². The number of carbonyl (C=O) groups is 1. The predicted molar refractivity (Wildman–Crippen MR) is 115 cm³/mol. The lowest BCUT2D eigenvalue weighted by molar-refractivity contribution is -0.143. The van der Waals surface area contributed by atoms with Crippen molar-refractivity contribution in [1.29, 1.82) is 0 Å². The van der Waals surface area contributed by atoms with Crippen molar-refractivity contribution in [1.82, 2.24) is 5.32 Å². The van der Waals surface area contributed by atoms with E-state index in [4.69, 9.17) is 14.0 Å². The summed E-state index contributed by atoms with van der Waals surface area (Å²) in [6.07, 6.45) is -10.3. The molecule has 2 rings (SSSR count). The molecule has 1 N–H and O–H groups in total.